The smallest absolute Gasteiger partial charge is 0.103 e. The highest BCUT2D eigenvalue weighted by Crippen LogP contribution is 2.35. The first-order valence-electron chi connectivity index (χ1n) is 13.0. The molecule has 9 nitrogen and oxygen atoms in total. The van der Waals surface area contributed by atoms with Gasteiger partial charge in [0.2, 0.25) is 0 Å². The number of anilines is 2. The Balaban J connectivity index is 1.65. The SMILES string of the molecule is [2H][C@](Nc1cc(C#N)c2ncc(C#N)c(NCC(C)(C)C)c2c1)(C1=CN(C2CC2)NN1)c1cccc(C#N)c1. The zero-order valence-electron chi connectivity index (χ0n) is 22.6. The van der Waals surface area contributed by atoms with Crippen LogP contribution in [0.4, 0.5) is 11.4 Å². The van der Waals surface area contributed by atoms with E-state index in [0.29, 0.717) is 62.8 Å². The third kappa shape index (κ3) is 5.18. The Morgan fingerprint density at radius 3 is 2.61 bits per heavy atom. The lowest BCUT2D eigenvalue weighted by Gasteiger charge is -2.23. The summed E-state index contributed by atoms with van der Waals surface area (Å²) < 4.78 is 9.67. The summed E-state index contributed by atoms with van der Waals surface area (Å²) in [4.78, 5) is 4.42. The van der Waals surface area contributed by atoms with Gasteiger partial charge in [0, 0.05) is 36.1 Å². The van der Waals surface area contributed by atoms with E-state index in [1.54, 1.807) is 30.3 Å². The Bertz CT molecular complexity index is 1600. The van der Waals surface area contributed by atoms with E-state index in [2.05, 4.69) is 65.6 Å². The monoisotopic (exact) mass is 504 g/mol. The Labute approximate surface area is 223 Å². The van der Waals surface area contributed by atoms with Gasteiger partial charge >= 0.3 is 0 Å². The zero-order valence-corrected chi connectivity index (χ0v) is 21.6. The number of aromatic nitrogens is 1. The maximum absolute atomic E-state index is 10.0. The summed E-state index contributed by atoms with van der Waals surface area (Å²) in [6, 6.07) is 15.8. The molecule has 38 heavy (non-hydrogen) atoms. The van der Waals surface area contributed by atoms with Crippen LogP contribution in [-0.2, 0) is 0 Å². The molecule has 1 atom stereocenters. The van der Waals surface area contributed by atoms with Crippen LogP contribution in [0.1, 0.15) is 63.3 Å². The van der Waals surface area contributed by atoms with Crippen molar-refractivity contribution in [3.8, 4) is 18.2 Å². The van der Waals surface area contributed by atoms with Crippen molar-refractivity contribution in [3.05, 3.63) is 76.7 Å². The molecule has 4 N–H and O–H groups in total. The lowest BCUT2D eigenvalue weighted by atomic mass is 9.96. The molecule has 1 aliphatic heterocycles. The fourth-order valence-electron chi connectivity index (χ4n) is 4.28. The number of hydrogen-bond acceptors (Lipinski definition) is 9. The molecule has 0 spiro atoms. The number of nitriles is 3. The van der Waals surface area contributed by atoms with Crippen molar-refractivity contribution >= 4 is 22.3 Å². The third-order valence-corrected chi connectivity index (χ3v) is 6.35. The number of rotatable bonds is 7. The van der Waals surface area contributed by atoms with E-state index < -0.39 is 6.02 Å². The Kier molecular flexibility index (Phi) is 6.17. The van der Waals surface area contributed by atoms with Crippen LogP contribution in [0.5, 0.6) is 0 Å². The van der Waals surface area contributed by atoms with Crippen molar-refractivity contribution in [1.82, 2.24) is 21.0 Å². The van der Waals surface area contributed by atoms with Crippen molar-refractivity contribution in [3.63, 3.8) is 0 Å². The van der Waals surface area contributed by atoms with Gasteiger partial charge in [-0.2, -0.15) is 15.8 Å². The highest BCUT2D eigenvalue weighted by Gasteiger charge is 2.32. The van der Waals surface area contributed by atoms with E-state index in [0.717, 1.165) is 12.8 Å². The van der Waals surface area contributed by atoms with Crippen molar-refractivity contribution in [2.24, 2.45) is 5.41 Å². The number of nitrogens with one attached hydrogen (secondary N) is 4. The summed E-state index contributed by atoms with van der Waals surface area (Å²) in [5, 5.41) is 38.6. The molecular formula is C29H29N9. The van der Waals surface area contributed by atoms with Crippen molar-refractivity contribution in [2.45, 2.75) is 45.7 Å². The molecule has 0 amide bonds. The minimum atomic E-state index is -1.54. The highest BCUT2D eigenvalue weighted by molar-refractivity contribution is 5.99. The quantitative estimate of drug-likeness (QED) is 0.358. The molecule has 5 rings (SSSR count). The molecule has 1 aliphatic carbocycles. The molecule has 1 aromatic heterocycles. The summed E-state index contributed by atoms with van der Waals surface area (Å²) in [7, 11) is 0. The standard InChI is InChI=1S/C29H29N9/c1-29(2,3)17-34-27-21(14-32)15-33-26-20(13-31)10-22(11-24(26)27)35-28(19-6-4-5-18(9-19)12-30)25-16-38(37-36-25)23-7-8-23/h4-6,9-11,15-16,23,28,35-37H,7-8,17H2,1-3H3,(H,33,34)/t28-/m1/s1/i28D. The molecule has 0 unspecified atom stereocenters. The van der Waals surface area contributed by atoms with Crippen molar-refractivity contribution in [2.75, 3.05) is 17.2 Å². The first kappa shape index (κ1) is 23.6. The van der Waals surface area contributed by atoms with Gasteiger partial charge in [-0.15, -0.1) is 5.53 Å². The van der Waals surface area contributed by atoms with Gasteiger partial charge in [0.1, 0.15) is 12.1 Å². The van der Waals surface area contributed by atoms with Crippen LogP contribution in [0.2, 0.25) is 0 Å². The Morgan fingerprint density at radius 2 is 1.92 bits per heavy atom. The van der Waals surface area contributed by atoms with Gasteiger partial charge in [-0.1, -0.05) is 32.9 Å². The molecule has 9 heteroatoms. The summed E-state index contributed by atoms with van der Waals surface area (Å²) >= 11 is 0. The van der Waals surface area contributed by atoms with Gasteiger partial charge in [-0.05, 0) is 48.1 Å². The van der Waals surface area contributed by atoms with E-state index in [4.69, 9.17) is 0 Å². The molecule has 0 radical (unpaired) electrons. The molecule has 190 valence electrons. The lowest BCUT2D eigenvalue weighted by Crippen LogP contribution is -2.38. The van der Waals surface area contributed by atoms with Crippen molar-refractivity contribution < 1.29 is 1.37 Å². The molecule has 3 aromatic rings. The van der Waals surface area contributed by atoms with Gasteiger partial charge in [-0.3, -0.25) is 9.99 Å². The summed E-state index contributed by atoms with van der Waals surface area (Å²) in [5.74, 6) is 0. The first-order chi connectivity index (χ1) is 18.6. The molecule has 2 aromatic carbocycles. The van der Waals surface area contributed by atoms with Gasteiger partial charge in [0.05, 0.1) is 47.0 Å². The number of hydrogen-bond donors (Lipinski definition) is 4. The second kappa shape index (κ2) is 9.94. The van der Waals surface area contributed by atoms with Gasteiger partial charge < -0.3 is 16.1 Å². The predicted octanol–water partition coefficient (Wildman–Crippen LogP) is 4.79. The third-order valence-electron chi connectivity index (χ3n) is 6.35. The average Bonchev–Trinajstić information content (AvgIpc) is 3.66. The van der Waals surface area contributed by atoms with Crippen LogP contribution in [0.15, 0.2) is 54.5 Å². The van der Waals surface area contributed by atoms with E-state index in [9.17, 15) is 17.2 Å². The molecule has 0 saturated heterocycles. The molecule has 0 bridgehead atoms. The van der Waals surface area contributed by atoms with Crippen LogP contribution in [0.25, 0.3) is 10.9 Å². The number of hydrazine groups is 2. The fourth-order valence-corrected chi connectivity index (χ4v) is 4.28. The fraction of sp³-hybridized carbons (Fsp3) is 0.310. The van der Waals surface area contributed by atoms with Crippen LogP contribution in [0.3, 0.4) is 0 Å². The average molecular weight is 505 g/mol. The van der Waals surface area contributed by atoms with Crippen LogP contribution in [0, 0.1) is 39.4 Å². The first-order valence-corrected chi connectivity index (χ1v) is 12.5. The summed E-state index contributed by atoms with van der Waals surface area (Å²) in [6.07, 6.45) is 5.48. The molecule has 2 aliphatic rings. The predicted molar refractivity (Wildman–Crippen MR) is 146 cm³/mol. The second-order valence-corrected chi connectivity index (χ2v) is 10.7. The van der Waals surface area contributed by atoms with Crippen LogP contribution in [-0.4, -0.2) is 22.6 Å². The van der Waals surface area contributed by atoms with E-state index >= 15 is 0 Å². The molecular weight excluding hydrogens is 474 g/mol. The van der Waals surface area contributed by atoms with Crippen LogP contribution >= 0.6 is 0 Å². The topological polar surface area (TPSA) is 136 Å². The number of pyridine rings is 1. The van der Waals surface area contributed by atoms with E-state index in [-0.39, 0.29) is 5.41 Å². The number of benzene rings is 2. The normalized spacial score (nSPS) is 16.8. The Hall–Kier alpha value is -4.78. The zero-order chi connectivity index (χ0) is 27.8. The number of fused-ring (bicyclic) bond motifs is 1. The Morgan fingerprint density at radius 1 is 1.13 bits per heavy atom. The maximum Gasteiger partial charge on any atom is 0.103 e. The van der Waals surface area contributed by atoms with Crippen LogP contribution < -0.4 is 21.6 Å². The minimum absolute atomic E-state index is 0.0562. The second-order valence-electron chi connectivity index (χ2n) is 10.7. The summed E-state index contributed by atoms with van der Waals surface area (Å²) in [6.45, 7) is 6.87. The van der Waals surface area contributed by atoms with E-state index in [1.165, 1.54) is 6.20 Å². The maximum atomic E-state index is 10.0. The lowest BCUT2D eigenvalue weighted by molar-refractivity contribution is 0.260. The van der Waals surface area contributed by atoms with Crippen molar-refractivity contribution in [1.29, 1.82) is 15.8 Å². The molecule has 1 fully saturated rings. The summed E-state index contributed by atoms with van der Waals surface area (Å²) in [5.41, 5.74) is 9.98. The molecule has 1 saturated carbocycles. The molecule has 2 heterocycles. The van der Waals surface area contributed by atoms with Gasteiger partial charge in [-0.25, -0.2) is 0 Å². The largest absolute Gasteiger partial charge is 0.383 e. The highest BCUT2D eigenvalue weighted by atomic mass is 15.7. The van der Waals surface area contributed by atoms with E-state index in [1.807, 2.05) is 17.3 Å². The number of nitrogens with zero attached hydrogens (tertiary/aromatic N) is 5. The van der Waals surface area contributed by atoms with Gasteiger partial charge in [0.25, 0.3) is 0 Å². The minimum Gasteiger partial charge on any atom is -0.383 e. The van der Waals surface area contributed by atoms with Gasteiger partial charge in [0.15, 0.2) is 0 Å².